The highest BCUT2D eigenvalue weighted by molar-refractivity contribution is 7.99. The van der Waals surface area contributed by atoms with Crippen LogP contribution in [0.5, 0.6) is 5.88 Å². The number of methoxy groups -OCH3 is 1. The monoisotopic (exact) mass is 232 g/mol. The largest absolute Gasteiger partial charge is 0.481 e. The van der Waals surface area contributed by atoms with Gasteiger partial charge in [-0.25, -0.2) is 4.98 Å². The van der Waals surface area contributed by atoms with Crippen LogP contribution in [0.2, 0.25) is 0 Å². The summed E-state index contributed by atoms with van der Waals surface area (Å²) in [6, 6.07) is 11.6. The Morgan fingerprint density at radius 3 is 2.81 bits per heavy atom. The van der Waals surface area contributed by atoms with Crippen molar-refractivity contribution in [1.82, 2.24) is 4.98 Å². The predicted molar refractivity (Wildman–Crippen MR) is 65.8 cm³/mol. The second-order valence-electron chi connectivity index (χ2n) is 3.17. The van der Waals surface area contributed by atoms with E-state index in [1.54, 1.807) is 25.1 Å². The molecule has 0 radical (unpaired) electrons. The molecule has 0 aliphatic heterocycles. The minimum absolute atomic E-state index is 0.611. The molecule has 0 bridgehead atoms. The molecule has 2 N–H and O–H groups in total. The molecule has 0 atom stereocenters. The van der Waals surface area contributed by atoms with E-state index in [2.05, 4.69) is 4.98 Å². The summed E-state index contributed by atoms with van der Waals surface area (Å²) < 4.78 is 5.07. The summed E-state index contributed by atoms with van der Waals surface area (Å²) in [6.07, 6.45) is 1.72. The Bertz CT molecular complexity index is 488. The number of para-hydroxylation sites is 1. The van der Waals surface area contributed by atoms with E-state index < -0.39 is 0 Å². The molecule has 0 spiro atoms. The summed E-state index contributed by atoms with van der Waals surface area (Å²) in [6.45, 7) is 0. The van der Waals surface area contributed by atoms with Crippen LogP contribution >= 0.6 is 11.8 Å². The number of pyridine rings is 1. The van der Waals surface area contributed by atoms with Crippen LogP contribution in [0.4, 0.5) is 5.69 Å². The molecule has 4 heteroatoms. The van der Waals surface area contributed by atoms with Crippen LogP contribution in [-0.2, 0) is 0 Å². The molecule has 0 saturated heterocycles. The Morgan fingerprint density at radius 2 is 2.06 bits per heavy atom. The minimum atomic E-state index is 0.611. The van der Waals surface area contributed by atoms with Gasteiger partial charge in [0.1, 0.15) is 0 Å². The highest BCUT2D eigenvalue weighted by atomic mass is 32.2. The number of nitrogens with two attached hydrogens (primary N) is 1. The molecule has 3 nitrogen and oxygen atoms in total. The number of ether oxygens (including phenoxy) is 1. The smallest absolute Gasteiger partial charge is 0.214 e. The molecule has 0 unspecified atom stereocenters. The first-order chi connectivity index (χ1) is 7.79. The van der Waals surface area contributed by atoms with Crippen molar-refractivity contribution in [1.29, 1.82) is 0 Å². The normalized spacial score (nSPS) is 10.1. The van der Waals surface area contributed by atoms with Crippen LogP contribution in [0.25, 0.3) is 0 Å². The molecule has 16 heavy (non-hydrogen) atoms. The molecule has 0 aliphatic carbocycles. The van der Waals surface area contributed by atoms with E-state index >= 15 is 0 Å². The first-order valence-electron chi connectivity index (χ1n) is 4.82. The summed E-state index contributed by atoms with van der Waals surface area (Å²) in [5.41, 5.74) is 6.65. The van der Waals surface area contributed by atoms with E-state index in [0.29, 0.717) is 5.88 Å². The number of nitrogens with zero attached hydrogens (tertiary/aromatic N) is 1. The first kappa shape index (κ1) is 10.8. The van der Waals surface area contributed by atoms with Crippen LogP contribution < -0.4 is 10.5 Å². The fourth-order valence-corrected chi connectivity index (χ4v) is 2.14. The molecule has 0 saturated carbocycles. The van der Waals surface area contributed by atoms with Gasteiger partial charge in [-0.2, -0.15) is 0 Å². The van der Waals surface area contributed by atoms with Crippen molar-refractivity contribution in [2.45, 2.75) is 9.79 Å². The Morgan fingerprint density at radius 1 is 1.25 bits per heavy atom. The average Bonchev–Trinajstić information content (AvgIpc) is 2.32. The number of hydrogen-bond donors (Lipinski definition) is 1. The van der Waals surface area contributed by atoms with Gasteiger partial charge in [0.05, 0.1) is 7.11 Å². The molecule has 1 heterocycles. The molecule has 2 rings (SSSR count). The van der Waals surface area contributed by atoms with Gasteiger partial charge >= 0.3 is 0 Å². The van der Waals surface area contributed by atoms with Gasteiger partial charge in [-0.15, -0.1) is 0 Å². The maximum atomic E-state index is 5.87. The van der Waals surface area contributed by atoms with Crippen molar-refractivity contribution in [3.63, 3.8) is 0 Å². The van der Waals surface area contributed by atoms with E-state index in [1.165, 1.54) is 0 Å². The fraction of sp³-hybridized carbons (Fsp3) is 0.0833. The average molecular weight is 232 g/mol. The zero-order valence-corrected chi connectivity index (χ0v) is 9.70. The number of anilines is 1. The maximum Gasteiger partial charge on any atom is 0.214 e. The van der Waals surface area contributed by atoms with Crippen LogP contribution in [-0.4, -0.2) is 12.1 Å². The van der Waals surface area contributed by atoms with Gasteiger partial charge in [-0.1, -0.05) is 23.9 Å². The summed E-state index contributed by atoms with van der Waals surface area (Å²) in [7, 11) is 1.60. The lowest BCUT2D eigenvalue weighted by Gasteiger charge is -2.05. The van der Waals surface area contributed by atoms with Crippen molar-refractivity contribution in [3.05, 3.63) is 42.6 Å². The summed E-state index contributed by atoms with van der Waals surface area (Å²) >= 11 is 1.60. The zero-order valence-electron chi connectivity index (χ0n) is 8.88. The molecule has 0 aliphatic rings. The number of aromatic nitrogens is 1. The highest BCUT2D eigenvalue weighted by Gasteiger charge is 2.02. The van der Waals surface area contributed by atoms with Crippen LogP contribution in [0, 0.1) is 0 Å². The fourth-order valence-electron chi connectivity index (χ4n) is 1.27. The maximum absolute atomic E-state index is 5.87. The van der Waals surface area contributed by atoms with Crippen LogP contribution in [0.15, 0.2) is 52.4 Å². The van der Waals surface area contributed by atoms with Crippen LogP contribution in [0.1, 0.15) is 0 Å². The molecule has 1 aromatic heterocycles. The van der Waals surface area contributed by atoms with Crippen molar-refractivity contribution < 1.29 is 4.74 Å². The Balaban J connectivity index is 2.24. The topological polar surface area (TPSA) is 48.1 Å². The van der Waals surface area contributed by atoms with Crippen molar-refractivity contribution >= 4 is 17.4 Å². The predicted octanol–water partition coefficient (Wildman–Crippen LogP) is 2.82. The van der Waals surface area contributed by atoms with Gasteiger partial charge in [0.25, 0.3) is 0 Å². The third-order valence-electron chi connectivity index (χ3n) is 2.06. The third-order valence-corrected chi connectivity index (χ3v) is 3.14. The number of nitrogen functional groups attached to an aromatic ring is 1. The van der Waals surface area contributed by atoms with E-state index in [1.807, 2.05) is 36.4 Å². The van der Waals surface area contributed by atoms with Gasteiger partial charge in [0.15, 0.2) is 0 Å². The molecule has 0 amide bonds. The lowest BCUT2D eigenvalue weighted by atomic mass is 10.3. The SMILES string of the molecule is COc1cc(Sc2ccccc2N)ccn1. The Kier molecular flexibility index (Phi) is 3.31. The highest BCUT2D eigenvalue weighted by Crippen LogP contribution is 2.32. The van der Waals surface area contributed by atoms with E-state index in [-0.39, 0.29) is 0 Å². The Hall–Kier alpha value is -1.68. The van der Waals surface area contributed by atoms with E-state index in [0.717, 1.165) is 15.5 Å². The van der Waals surface area contributed by atoms with Gasteiger partial charge < -0.3 is 10.5 Å². The molecular weight excluding hydrogens is 220 g/mol. The number of benzene rings is 1. The lowest BCUT2D eigenvalue weighted by molar-refractivity contribution is 0.396. The Labute approximate surface area is 98.6 Å². The summed E-state index contributed by atoms with van der Waals surface area (Å²) in [5.74, 6) is 0.611. The summed E-state index contributed by atoms with van der Waals surface area (Å²) in [4.78, 5) is 6.15. The van der Waals surface area contributed by atoms with E-state index in [9.17, 15) is 0 Å². The first-order valence-corrected chi connectivity index (χ1v) is 5.63. The van der Waals surface area contributed by atoms with Gasteiger partial charge in [0, 0.05) is 27.7 Å². The van der Waals surface area contributed by atoms with Gasteiger partial charge in [0.2, 0.25) is 5.88 Å². The van der Waals surface area contributed by atoms with Crippen molar-refractivity contribution in [2.75, 3.05) is 12.8 Å². The second kappa shape index (κ2) is 4.90. The molecule has 1 aromatic carbocycles. The molecular formula is C12H12N2OS. The number of hydrogen-bond acceptors (Lipinski definition) is 4. The molecule has 82 valence electrons. The van der Waals surface area contributed by atoms with Crippen molar-refractivity contribution in [3.8, 4) is 5.88 Å². The number of rotatable bonds is 3. The summed E-state index contributed by atoms with van der Waals surface area (Å²) in [5, 5.41) is 0. The van der Waals surface area contributed by atoms with Gasteiger partial charge in [-0.3, -0.25) is 0 Å². The zero-order chi connectivity index (χ0) is 11.4. The van der Waals surface area contributed by atoms with Gasteiger partial charge in [-0.05, 0) is 18.2 Å². The molecule has 2 aromatic rings. The second-order valence-corrected chi connectivity index (χ2v) is 4.29. The minimum Gasteiger partial charge on any atom is -0.481 e. The van der Waals surface area contributed by atoms with E-state index in [4.69, 9.17) is 10.5 Å². The quantitative estimate of drug-likeness (QED) is 0.827. The van der Waals surface area contributed by atoms with Crippen LogP contribution in [0.3, 0.4) is 0 Å². The van der Waals surface area contributed by atoms with Crippen molar-refractivity contribution in [2.24, 2.45) is 0 Å². The standard InChI is InChI=1S/C12H12N2OS/c1-15-12-8-9(6-7-14-12)16-11-5-3-2-4-10(11)13/h2-8H,13H2,1H3. The lowest BCUT2D eigenvalue weighted by Crippen LogP contribution is -1.89. The molecule has 0 fully saturated rings. The third kappa shape index (κ3) is 2.46.